The molecule has 2 aromatic rings. The Morgan fingerprint density at radius 1 is 1.39 bits per heavy atom. The van der Waals surface area contributed by atoms with Crippen molar-refractivity contribution in [1.29, 1.82) is 5.26 Å². The zero-order chi connectivity index (χ0) is 16.9. The molecule has 6 heteroatoms. The van der Waals surface area contributed by atoms with Gasteiger partial charge < -0.3 is 10.1 Å². The highest BCUT2D eigenvalue weighted by molar-refractivity contribution is 5.90. The SMILES string of the molecule is CC(OC(=O)c1cccc(Nc2cnccn2)c1)C(C)(C)C#N. The second kappa shape index (κ2) is 6.88. The van der Waals surface area contributed by atoms with Gasteiger partial charge in [0.15, 0.2) is 0 Å². The maximum absolute atomic E-state index is 12.2. The van der Waals surface area contributed by atoms with Gasteiger partial charge in [-0.05, 0) is 39.0 Å². The fraction of sp³-hybridized carbons (Fsp3) is 0.294. The van der Waals surface area contributed by atoms with Gasteiger partial charge in [-0.15, -0.1) is 0 Å². The number of benzene rings is 1. The van der Waals surface area contributed by atoms with E-state index in [2.05, 4.69) is 21.4 Å². The third-order valence-corrected chi connectivity index (χ3v) is 3.52. The molecule has 0 radical (unpaired) electrons. The lowest BCUT2D eigenvalue weighted by molar-refractivity contribution is 0.0129. The van der Waals surface area contributed by atoms with Crippen molar-refractivity contribution in [3.05, 3.63) is 48.4 Å². The third kappa shape index (κ3) is 4.27. The van der Waals surface area contributed by atoms with Crippen molar-refractivity contribution in [2.75, 3.05) is 5.32 Å². The van der Waals surface area contributed by atoms with Gasteiger partial charge in [-0.25, -0.2) is 9.78 Å². The van der Waals surface area contributed by atoms with Crippen LogP contribution >= 0.6 is 0 Å². The molecule has 0 fully saturated rings. The Hall–Kier alpha value is -2.94. The van der Waals surface area contributed by atoms with Gasteiger partial charge in [0.2, 0.25) is 0 Å². The quantitative estimate of drug-likeness (QED) is 0.852. The number of nitrogens with one attached hydrogen (secondary N) is 1. The van der Waals surface area contributed by atoms with Crippen LogP contribution in [0.2, 0.25) is 0 Å². The van der Waals surface area contributed by atoms with Gasteiger partial charge in [0.05, 0.1) is 23.2 Å². The molecule has 0 saturated carbocycles. The fourth-order valence-electron chi connectivity index (χ4n) is 1.70. The van der Waals surface area contributed by atoms with Crippen LogP contribution in [0, 0.1) is 16.7 Å². The molecule has 0 aliphatic heterocycles. The van der Waals surface area contributed by atoms with E-state index in [1.807, 2.05) is 6.07 Å². The maximum Gasteiger partial charge on any atom is 0.338 e. The van der Waals surface area contributed by atoms with Crippen molar-refractivity contribution in [3.8, 4) is 6.07 Å². The molecule has 118 valence electrons. The first-order chi connectivity index (χ1) is 10.9. The summed E-state index contributed by atoms with van der Waals surface area (Å²) >= 11 is 0. The first-order valence-electron chi connectivity index (χ1n) is 7.18. The van der Waals surface area contributed by atoms with Crippen LogP contribution in [0.15, 0.2) is 42.9 Å². The molecule has 23 heavy (non-hydrogen) atoms. The molecule has 0 aliphatic carbocycles. The number of carbonyl (C=O) groups is 1. The van der Waals surface area contributed by atoms with Crippen molar-refractivity contribution in [2.45, 2.75) is 26.9 Å². The predicted octanol–water partition coefficient (Wildman–Crippen LogP) is 3.32. The average molecular weight is 310 g/mol. The predicted molar refractivity (Wildman–Crippen MR) is 86.0 cm³/mol. The van der Waals surface area contributed by atoms with E-state index in [0.717, 1.165) is 0 Å². The second-order valence-electron chi connectivity index (χ2n) is 5.68. The molecule has 2 rings (SSSR count). The van der Waals surface area contributed by atoms with E-state index in [1.54, 1.807) is 57.6 Å². The maximum atomic E-state index is 12.2. The van der Waals surface area contributed by atoms with E-state index in [4.69, 9.17) is 10.00 Å². The minimum atomic E-state index is -0.745. The number of hydrogen-bond acceptors (Lipinski definition) is 6. The summed E-state index contributed by atoms with van der Waals surface area (Å²) in [6.07, 6.45) is 4.22. The summed E-state index contributed by atoms with van der Waals surface area (Å²) in [6, 6.07) is 9.03. The van der Waals surface area contributed by atoms with E-state index in [1.165, 1.54) is 0 Å². The molecule has 0 amide bonds. The molecule has 6 nitrogen and oxygen atoms in total. The third-order valence-electron chi connectivity index (χ3n) is 3.52. The van der Waals surface area contributed by atoms with Gasteiger partial charge in [0.1, 0.15) is 11.9 Å². The Kier molecular flexibility index (Phi) is 4.91. The largest absolute Gasteiger partial charge is 0.457 e. The Balaban J connectivity index is 2.10. The van der Waals surface area contributed by atoms with Crippen LogP contribution in [0.4, 0.5) is 11.5 Å². The van der Waals surface area contributed by atoms with Crippen LogP contribution in [0.3, 0.4) is 0 Å². The first kappa shape index (κ1) is 16.4. The number of anilines is 2. The Morgan fingerprint density at radius 2 is 2.17 bits per heavy atom. The molecule has 0 saturated heterocycles. The summed E-state index contributed by atoms with van der Waals surface area (Å²) < 4.78 is 5.38. The first-order valence-corrected chi connectivity index (χ1v) is 7.18. The number of ether oxygens (including phenoxy) is 1. The molecule has 1 heterocycles. The lowest BCUT2D eigenvalue weighted by Crippen LogP contribution is -2.30. The lowest BCUT2D eigenvalue weighted by atomic mass is 9.89. The van der Waals surface area contributed by atoms with Crippen LogP contribution in [0.25, 0.3) is 0 Å². The molecule has 1 atom stereocenters. The molecule has 0 bridgehead atoms. The van der Waals surface area contributed by atoms with Crippen LogP contribution in [-0.2, 0) is 4.74 Å². The number of nitriles is 1. The topological polar surface area (TPSA) is 87.9 Å². The van der Waals surface area contributed by atoms with Gasteiger partial charge in [-0.3, -0.25) is 4.98 Å². The Labute approximate surface area is 135 Å². The minimum absolute atomic E-state index is 0.402. The summed E-state index contributed by atoms with van der Waals surface area (Å²) in [5.74, 6) is 0.112. The van der Waals surface area contributed by atoms with Crippen molar-refractivity contribution in [3.63, 3.8) is 0 Å². The van der Waals surface area contributed by atoms with E-state index in [0.29, 0.717) is 17.1 Å². The molecule has 1 unspecified atom stereocenters. The average Bonchev–Trinajstić information content (AvgIpc) is 2.56. The van der Waals surface area contributed by atoms with E-state index >= 15 is 0 Å². The van der Waals surface area contributed by atoms with Crippen molar-refractivity contribution < 1.29 is 9.53 Å². The number of rotatable bonds is 5. The fourth-order valence-corrected chi connectivity index (χ4v) is 1.70. The van der Waals surface area contributed by atoms with Crippen LogP contribution in [0.1, 0.15) is 31.1 Å². The van der Waals surface area contributed by atoms with Crippen molar-refractivity contribution in [1.82, 2.24) is 9.97 Å². The number of aromatic nitrogens is 2. The van der Waals surface area contributed by atoms with Crippen LogP contribution in [-0.4, -0.2) is 22.0 Å². The standard InChI is InChI=1S/C17H18N4O2/c1-12(17(2,3)11-18)23-16(22)13-5-4-6-14(9-13)21-15-10-19-7-8-20-15/h4-10,12H,1-3H3,(H,20,21). The van der Waals surface area contributed by atoms with E-state index < -0.39 is 17.5 Å². The van der Waals surface area contributed by atoms with Crippen molar-refractivity contribution >= 4 is 17.5 Å². The van der Waals surface area contributed by atoms with Gasteiger partial charge in [-0.2, -0.15) is 5.26 Å². The molecular weight excluding hydrogens is 292 g/mol. The number of esters is 1. The highest BCUT2D eigenvalue weighted by Crippen LogP contribution is 2.23. The molecule has 0 spiro atoms. The minimum Gasteiger partial charge on any atom is -0.457 e. The Bertz CT molecular complexity index is 723. The van der Waals surface area contributed by atoms with Gasteiger partial charge in [0, 0.05) is 18.1 Å². The smallest absolute Gasteiger partial charge is 0.338 e. The summed E-state index contributed by atoms with van der Waals surface area (Å²) in [6.45, 7) is 5.18. The molecule has 0 aliphatic rings. The van der Waals surface area contributed by atoms with Crippen molar-refractivity contribution in [2.24, 2.45) is 5.41 Å². The van der Waals surface area contributed by atoms with Crippen LogP contribution < -0.4 is 5.32 Å². The second-order valence-corrected chi connectivity index (χ2v) is 5.68. The lowest BCUT2D eigenvalue weighted by Gasteiger charge is -2.24. The zero-order valence-corrected chi connectivity index (χ0v) is 13.3. The molecule has 1 N–H and O–H groups in total. The highest BCUT2D eigenvalue weighted by Gasteiger charge is 2.29. The summed E-state index contributed by atoms with van der Waals surface area (Å²) in [7, 11) is 0. The summed E-state index contributed by atoms with van der Waals surface area (Å²) in [5, 5.41) is 12.2. The molecule has 1 aromatic heterocycles. The normalized spacial score (nSPS) is 12.1. The zero-order valence-electron chi connectivity index (χ0n) is 13.3. The molecule has 1 aromatic carbocycles. The summed E-state index contributed by atoms with van der Waals surface area (Å²) in [4.78, 5) is 20.3. The number of nitrogens with zero attached hydrogens (tertiary/aromatic N) is 3. The number of hydrogen-bond donors (Lipinski definition) is 1. The Morgan fingerprint density at radius 3 is 2.83 bits per heavy atom. The van der Waals surface area contributed by atoms with Gasteiger partial charge in [-0.1, -0.05) is 6.07 Å². The van der Waals surface area contributed by atoms with Crippen LogP contribution in [0.5, 0.6) is 0 Å². The molecular formula is C17H18N4O2. The van der Waals surface area contributed by atoms with E-state index in [-0.39, 0.29) is 0 Å². The highest BCUT2D eigenvalue weighted by atomic mass is 16.5. The van der Waals surface area contributed by atoms with Gasteiger partial charge in [0.25, 0.3) is 0 Å². The summed E-state index contributed by atoms with van der Waals surface area (Å²) in [5.41, 5.74) is 0.358. The monoisotopic (exact) mass is 310 g/mol. The van der Waals surface area contributed by atoms with Gasteiger partial charge >= 0.3 is 5.97 Å². The number of carbonyl (C=O) groups excluding carboxylic acids is 1. The van der Waals surface area contributed by atoms with E-state index in [9.17, 15) is 4.79 Å².